The monoisotopic (exact) mass is 370 g/mol. The van der Waals surface area contributed by atoms with Gasteiger partial charge in [0.15, 0.2) is 4.80 Å². The summed E-state index contributed by atoms with van der Waals surface area (Å²) >= 11 is 1.53. The zero-order chi connectivity index (χ0) is 18.7. The van der Waals surface area contributed by atoms with Crippen LogP contribution in [0.3, 0.4) is 0 Å². The Morgan fingerprint density at radius 2 is 1.96 bits per heavy atom. The van der Waals surface area contributed by atoms with Gasteiger partial charge in [-0.05, 0) is 37.1 Å². The molecule has 0 N–H and O–H groups in total. The fourth-order valence-corrected chi connectivity index (χ4v) is 4.13. The van der Waals surface area contributed by atoms with Crippen LogP contribution in [0.1, 0.15) is 29.8 Å². The number of thiazole rings is 1. The lowest BCUT2D eigenvalue weighted by molar-refractivity contribution is 0.0995. The van der Waals surface area contributed by atoms with Gasteiger partial charge in [-0.15, -0.1) is 0 Å². The lowest BCUT2D eigenvalue weighted by Crippen LogP contribution is -2.16. The average Bonchev–Trinajstić information content (AvgIpc) is 3.04. The quantitative estimate of drug-likeness (QED) is 0.681. The van der Waals surface area contributed by atoms with Crippen molar-refractivity contribution in [3.8, 4) is 11.5 Å². The van der Waals surface area contributed by atoms with Crippen LogP contribution in [0.4, 0.5) is 0 Å². The van der Waals surface area contributed by atoms with Crippen molar-refractivity contribution in [1.82, 2.24) is 4.57 Å². The summed E-state index contributed by atoms with van der Waals surface area (Å²) in [5.74, 6) is 0.768. The highest BCUT2D eigenvalue weighted by Gasteiger charge is 2.14. The first kappa shape index (κ1) is 18.2. The molecule has 0 saturated heterocycles. The first-order valence-electron chi connectivity index (χ1n) is 8.55. The molecule has 1 aromatic heterocycles. The fourth-order valence-electron chi connectivity index (χ4n) is 2.99. The normalized spacial score (nSPS) is 11.8. The van der Waals surface area contributed by atoms with Crippen LogP contribution in [-0.2, 0) is 13.0 Å². The number of ether oxygens (including phenoxy) is 2. The van der Waals surface area contributed by atoms with Gasteiger partial charge in [0.1, 0.15) is 11.5 Å². The van der Waals surface area contributed by atoms with Crippen molar-refractivity contribution < 1.29 is 14.3 Å². The fraction of sp³-hybridized carbons (Fsp3) is 0.300. The van der Waals surface area contributed by atoms with E-state index in [0.29, 0.717) is 21.9 Å². The summed E-state index contributed by atoms with van der Waals surface area (Å²) in [4.78, 5) is 17.9. The molecular formula is C20H22N2O3S. The van der Waals surface area contributed by atoms with E-state index < -0.39 is 0 Å². The maximum Gasteiger partial charge on any atom is 0.283 e. The Labute approximate surface area is 156 Å². The number of fused-ring (bicyclic) bond motifs is 1. The lowest BCUT2D eigenvalue weighted by Gasteiger charge is -2.08. The number of benzene rings is 2. The number of rotatable bonds is 5. The molecule has 0 aliphatic heterocycles. The number of para-hydroxylation sites is 1. The Kier molecular flexibility index (Phi) is 5.42. The summed E-state index contributed by atoms with van der Waals surface area (Å²) in [5.41, 5.74) is 2.84. The zero-order valence-electron chi connectivity index (χ0n) is 15.4. The molecular weight excluding hydrogens is 348 g/mol. The number of methoxy groups -OCH3 is 2. The molecule has 0 bridgehead atoms. The number of carbonyl (C=O) groups excluding carboxylic acids is 1. The molecule has 0 aliphatic carbocycles. The number of amides is 1. The van der Waals surface area contributed by atoms with Crippen LogP contribution in [0.2, 0.25) is 0 Å². The maximum atomic E-state index is 12.8. The molecule has 0 saturated carbocycles. The summed E-state index contributed by atoms with van der Waals surface area (Å²) in [6.45, 7) is 4.95. The average molecular weight is 370 g/mol. The van der Waals surface area contributed by atoms with Crippen molar-refractivity contribution >= 4 is 27.5 Å². The van der Waals surface area contributed by atoms with Crippen molar-refractivity contribution in [1.29, 1.82) is 0 Å². The van der Waals surface area contributed by atoms with E-state index in [1.165, 1.54) is 24.0 Å². The van der Waals surface area contributed by atoms with Crippen LogP contribution in [-0.4, -0.2) is 24.7 Å². The minimum absolute atomic E-state index is 0.323. The van der Waals surface area contributed by atoms with E-state index in [2.05, 4.69) is 41.6 Å². The van der Waals surface area contributed by atoms with Crippen molar-refractivity contribution in [3.63, 3.8) is 0 Å². The highest BCUT2D eigenvalue weighted by molar-refractivity contribution is 7.16. The molecule has 0 unspecified atom stereocenters. The second-order valence-corrected chi connectivity index (χ2v) is 6.74. The summed E-state index contributed by atoms with van der Waals surface area (Å²) in [6.07, 6.45) is 0.938. The van der Waals surface area contributed by atoms with Gasteiger partial charge in [0.2, 0.25) is 0 Å². The lowest BCUT2D eigenvalue weighted by atomic mass is 10.1. The second-order valence-electron chi connectivity index (χ2n) is 5.73. The molecule has 0 aliphatic rings. The summed E-state index contributed by atoms with van der Waals surface area (Å²) in [6, 6.07) is 11.4. The molecule has 6 heteroatoms. The van der Waals surface area contributed by atoms with E-state index in [1.807, 2.05) is 0 Å². The van der Waals surface area contributed by atoms with Gasteiger partial charge in [-0.3, -0.25) is 4.79 Å². The molecule has 2 aromatic carbocycles. The predicted octanol–water partition coefficient (Wildman–Crippen LogP) is 4.04. The van der Waals surface area contributed by atoms with Crippen LogP contribution in [0, 0.1) is 0 Å². The molecule has 0 radical (unpaired) electrons. The van der Waals surface area contributed by atoms with Crippen molar-refractivity contribution in [2.24, 2.45) is 4.99 Å². The van der Waals surface area contributed by atoms with Crippen molar-refractivity contribution in [2.45, 2.75) is 26.8 Å². The largest absolute Gasteiger partial charge is 0.497 e. The Balaban J connectivity index is 2.15. The van der Waals surface area contributed by atoms with Gasteiger partial charge in [0.25, 0.3) is 5.91 Å². The van der Waals surface area contributed by atoms with Gasteiger partial charge in [0.05, 0.1) is 30.0 Å². The molecule has 3 aromatic rings. The van der Waals surface area contributed by atoms with E-state index in [-0.39, 0.29) is 5.91 Å². The SMILES string of the molecule is CCc1cccc2sc(=NC(=O)c3ccc(OC)cc3OC)n(CC)c12. The minimum atomic E-state index is -0.323. The molecule has 0 atom stereocenters. The molecule has 136 valence electrons. The highest BCUT2D eigenvalue weighted by Crippen LogP contribution is 2.26. The van der Waals surface area contributed by atoms with Gasteiger partial charge < -0.3 is 14.0 Å². The van der Waals surface area contributed by atoms with E-state index in [4.69, 9.17) is 9.47 Å². The number of aromatic nitrogens is 1. The van der Waals surface area contributed by atoms with Crippen molar-refractivity contribution in [2.75, 3.05) is 14.2 Å². The third-order valence-electron chi connectivity index (χ3n) is 4.32. The predicted molar refractivity (Wildman–Crippen MR) is 104 cm³/mol. The molecule has 0 fully saturated rings. The van der Waals surface area contributed by atoms with Gasteiger partial charge in [-0.25, -0.2) is 0 Å². The summed E-state index contributed by atoms with van der Waals surface area (Å²) < 4.78 is 13.8. The third-order valence-corrected chi connectivity index (χ3v) is 5.36. The van der Waals surface area contributed by atoms with Gasteiger partial charge in [0, 0.05) is 12.6 Å². The molecule has 0 spiro atoms. The van der Waals surface area contributed by atoms with Crippen LogP contribution in [0.25, 0.3) is 10.2 Å². The number of nitrogens with zero attached hydrogens (tertiary/aromatic N) is 2. The first-order chi connectivity index (χ1) is 12.6. The molecule has 5 nitrogen and oxygen atoms in total. The third kappa shape index (κ3) is 3.24. The molecule has 1 heterocycles. The van der Waals surface area contributed by atoms with Crippen LogP contribution >= 0.6 is 11.3 Å². The summed E-state index contributed by atoms with van der Waals surface area (Å²) in [7, 11) is 3.11. The van der Waals surface area contributed by atoms with Gasteiger partial charge >= 0.3 is 0 Å². The van der Waals surface area contributed by atoms with Gasteiger partial charge in [-0.2, -0.15) is 4.99 Å². The zero-order valence-corrected chi connectivity index (χ0v) is 16.2. The minimum Gasteiger partial charge on any atom is -0.497 e. The number of hydrogen-bond donors (Lipinski definition) is 0. The smallest absolute Gasteiger partial charge is 0.283 e. The van der Waals surface area contributed by atoms with Crippen LogP contribution in [0.15, 0.2) is 41.4 Å². The van der Waals surface area contributed by atoms with Crippen LogP contribution in [0.5, 0.6) is 11.5 Å². The maximum absolute atomic E-state index is 12.8. The van der Waals surface area contributed by atoms with E-state index >= 15 is 0 Å². The Bertz CT molecular complexity index is 1020. The first-order valence-corrected chi connectivity index (χ1v) is 9.36. The summed E-state index contributed by atoms with van der Waals surface area (Å²) in [5, 5.41) is 0. The molecule has 26 heavy (non-hydrogen) atoms. The Morgan fingerprint density at radius 1 is 1.15 bits per heavy atom. The number of aryl methyl sites for hydroxylation is 2. The van der Waals surface area contributed by atoms with Gasteiger partial charge in [-0.1, -0.05) is 30.4 Å². The van der Waals surface area contributed by atoms with Crippen molar-refractivity contribution in [3.05, 3.63) is 52.3 Å². The highest BCUT2D eigenvalue weighted by atomic mass is 32.1. The molecule has 1 amide bonds. The second kappa shape index (κ2) is 7.74. The van der Waals surface area contributed by atoms with E-state index in [1.54, 1.807) is 25.3 Å². The van der Waals surface area contributed by atoms with E-state index in [0.717, 1.165) is 23.2 Å². The number of carbonyl (C=O) groups is 1. The van der Waals surface area contributed by atoms with E-state index in [9.17, 15) is 4.79 Å². The topological polar surface area (TPSA) is 52.8 Å². The Morgan fingerprint density at radius 3 is 2.62 bits per heavy atom. The van der Waals surface area contributed by atoms with Crippen LogP contribution < -0.4 is 14.3 Å². The number of hydrogen-bond acceptors (Lipinski definition) is 4. The standard InChI is InChI=1S/C20H22N2O3S/c1-5-13-8-7-9-17-18(13)22(6-2)20(26-17)21-19(23)15-11-10-14(24-3)12-16(15)25-4/h7-12H,5-6H2,1-4H3. The Hall–Kier alpha value is -2.60. The molecule has 3 rings (SSSR count).